The predicted molar refractivity (Wildman–Crippen MR) is 70.8 cm³/mol. The SMILES string of the molecule is CC(=O)c1sc(NCC2CCCCO2)cc1N. The highest BCUT2D eigenvalue weighted by atomic mass is 32.1. The van der Waals surface area contributed by atoms with Crippen LogP contribution in [0, 0.1) is 0 Å². The summed E-state index contributed by atoms with van der Waals surface area (Å²) in [5.74, 6) is 0.0227. The lowest BCUT2D eigenvalue weighted by Crippen LogP contribution is -2.26. The first-order valence-corrected chi connectivity index (χ1v) is 6.74. The Balaban J connectivity index is 1.90. The summed E-state index contributed by atoms with van der Waals surface area (Å²) in [7, 11) is 0. The first-order valence-electron chi connectivity index (χ1n) is 5.92. The van der Waals surface area contributed by atoms with E-state index in [9.17, 15) is 4.79 Å². The molecule has 1 aliphatic rings. The molecule has 1 unspecified atom stereocenters. The number of nitrogen functional groups attached to an aromatic ring is 1. The van der Waals surface area contributed by atoms with Crippen LogP contribution in [0.5, 0.6) is 0 Å². The van der Waals surface area contributed by atoms with Gasteiger partial charge in [0.2, 0.25) is 0 Å². The highest BCUT2D eigenvalue weighted by molar-refractivity contribution is 7.18. The van der Waals surface area contributed by atoms with Crippen molar-refractivity contribution in [2.24, 2.45) is 0 Å². The second-order valence-electron chi connectivity index (χ2n) is 4.32. The Morgan fingerprint density at radius 2 is 2.47 bits per heavy atom. The third kappa shape index (κ3) is 3.20. The summed E-state index contributed by atoms with van der Waals surface area (Å²) in [5.41, 5.74) is 6.33. The number of hydrogen-bond acceptors (Lipinski definition) is 5. The third-order valence-electron chi connectivity index (χ3n) is 2.86. The summed E-state index contributed by atoms with van der Waals surface area (Å²) < 4.78 is 5.63. The fourth-order valence-electron chi connectivity index (χ4n) is 1.95. The van der Waals surface area contributed by atoms with Gasteiger partial charge >= 0.3 is 0 Å². The smallest absolute Gasteiger partial charge is 0.171 e. The van der Waals surface area contributed by atoms with Crippen molar-refractivity contribution in [2.75, 3.05) is 24.2 Å². The van der Waals surface area contributed by atoms with Gasteiger partial charge in [0, 0.05) is 20.1 Å². The van der Waals surface area contributed by atoms with Crippen molar-refractivity contribution in [3.63, 3.8) is 0 Å². The van der Waals surface area contributed by atoms with Gasteiger partial charge in [-0.2, -0.15) is 0 Å². The molecule has 17 heavy (non-hydrogen) atoms. The monoisotopic (exact) mass is 254 g/mol. The summed E-state index contributed by atoms with van der Waals surface area (Å²) in [6, 6.07) is 1.82. The zero-order chi connectivity index (χ0) is 12.3. The molecule has 0 aliphatic carbocycles. The minimum absolute atomic E-state index is 0.0227. The Hall–Kier alpha value is -1.07. The molecule has 1 aromatic heterocycles. The number of hydrogen-bond donors (Lipinski definition) is 2. The van der Waals surface area contributed by atoms with Gasteiger partial charge in [-0.25, -0.2) is 0 Å². The van der Waals surface area contributed by atoms with E-state index >= 15 is 0 Å². The van der Waals surface area contributed by atoms with E-state index in [1.807, 2.05) is 6.07 Å². The number of thiophene rings is 1. The molecule has 0 spiro atoms. The van der Waals surface area contributed by atoms with Crippen molar-refractivity contribution < 1.29 is 9.53 Å². The van der Waals surface area contributed by atoms with Gasteiger partial charge in [-0.15, -0.1) is 11.3 Å². The van der Waals surface area contributed by atoms with Gasteiger partial charge in [0.25, 0.3) is 0 Å². The molecule has 0 bridgehead atoms. The summed E-state index contributed by atoms with van der Waals surface area (Å²) >= 11 is 1.41. The van der Waals surface area contributed by atoms with E-state index in [4.69, 9.17) is 10.5 Å². The number of anilines is 2. The number of nitrogens with one attached hydrogen (secondary N) is 1. The number of carbonyl (C=O) groups excluding carboxylic acids is 1. The van der Waals surface area contributed by atoms with Crippen LogP contribution in [0.4, 0.5) is 10.7 Å². The fraction of sp³-hybridized carbons (Fsp3) is 0.583. The van der Waals surface area contributed by atoms with Crippen molar-refractivity contribution in [1.29, 1.82) is 0 Å². The summed E-state index contributed by atoms with van der Waals surface area (Å²) in [4.78, 5) is 11.9. The lowest BCUT2D eigenvalue weighted by atomic mass is 10.1. The molecule has 0 radical (unpaired) electrons. The maximum atomic E-state index is 11.3. The number of carbonyl (C=O) groups is 1. The first-order chi connectivity index (χ1) is 8.16. The van der Waals surface area contributed by atoms with Crippen LogP contribution in [0.25, 0.3) is 0 Å². The van der Waals surface area contributed by atoms with Crippen LogP contribution in [0.15, 0.2) is 6.07 Å². The summed E-state index contributed by atoms with van der Waals surface area (Å²) in [6.07, 6.45) is 3.79. The molecule has 5 heteroatoms. The van der Waals surface area contributed by atoms with Crippen LogP contribution in [0.2, 0.25) is 0 Å². The van der Waals surface area contributed by atoms with Crippen molar-refractivity contribution >= 4 is 27.8 Å². The van der Waals surface area contributed by atoms with Gasteiger partial charge in [-0.1, -0.05) is 0 Å². The Labute approximate surface area is 105 Å². The highest BCUT2D eigenvalue weighted by Gasteiger charge is 2.15. The molecule has 0 amide bonds. The van der Waals surface area contributed by atoms with Gasteiger partial charge < -0.3 is 15.8 Å². The molecule has 1 fully saturated rings. The van der Waals surface area contributed by atoms with Crippen LogP contribution in [-0.4, -0.2) is 25.0 Å². The van der Waals surface area contributed by atoms with Crippen LogP contribution in [0.3, 0.4) is 0 Å². The molecule has 2 heterocycles. The lowest BCUT2D eigenvalue weighted by molar-refractivity contribution is 0.0248. The van der Waals surface area contributed by atoms with Gasteiger partial charge in [-0.05, 0) is 25.3 Å². The number of Topliss-reactive ketones (excluding diaryl/α,β-unsaturated/α-hetero) is 1. The van der Waals surface area contributed by atoms with E-state index in [2.05, 4.69) is 5.32 Å². The molecule has 2 rings (SSSR count). The van der Waals surface area contributed by atoms with E-state index in [0.717, 1.165) is 31.0 Å². The molecular weight excluding hydrogens is 236 g/mol. The standard InChI is InChI=1S/C12H18N2O2S/c1-8(15)12-10(13)6-11(17-12)14-7-9-4-2-3-5-16-9/h6,9,14H,2-5,7,13H2,1H3. The Bertz CT molecular complexity index is 397. The molecular formula is C12H18N2O2S. The van der Waals surface area contributed by atoms with Crippen molar-refractivity contribution in [3.05, 3.63) is 10.9 Å². The number of ether oxygens (including phenoxy) is 1. The zero-order valence-electron chi connectivity index (χ0n) is 9.99. The summed E-state index contributed by atoms with van der Waals surface area (Å²) in [5, 5.41) is 4.24. The Kier molecular flexibility index (Phi) is 4.02. The second kappa shape index (κ2) is 5.51. The lowest BCUT2D eigenvalue weighted by Gasteiger charge is -2.22. The average molecular weight is 254 g/mol. The maximum absolute atomic E-state index is 11.3. The van der Waals surface area contributed by atoms with Gasteiger partial charge in [0.15, 0.2) is 5.78 Å². The first kappa shape index (κ1) is 12.4. The fourth-order valence-corrected chi connectivity index (χ4v) is 2.83. The molecule has 1 aromatic rings. The minimum atomic E-state index is 0.0227. The zero-order valence-corrected chi connectivity index (χ0v) is 10.8. The van der Waals surface area contributed by atoms with Crippen LogP contribution < -0.4 is 11.1 Å². The van der Waals surface area contributed by atoms with Gasteiger partial charge in [-0.3, -0.25) is 4.79 Å². The molecule has 1 atom stereocenters. The Morgan fingerprint density at radius 1 is 1.65 bits per heavy atom. The van der Waals surface area contributed by atoms with E-state index in [1.165, 1.54) is 24.7 Å². The predicted octanol–water partition coefficient (Wildman–Crippen LogP) is 2.51. The van der Waals surface area contributed by atoms with Crippen molar-refractivity contribution in [2.45, 2.75) is 32.3 Å². The van der Waals surface area contributed by atoms with Crippen LogP contribution in [-0.2, 0) is 4.74 Å². The Morgan fingerprint density at radius 3 is 3.06 bits per heavy atom. The van der Waals surface area contributed by atoms with Gasteiger partial charge in [0.05, 0.1) is 21.7 Å². The number of ketones is 1. The molecule has 3 N–H and O–H groups in total. The third-order valence-corrected chi connectivity index (χ3v) is 4.07. The normalized spacial score (nSPS) is 20.2. The van der Waals surface area contributed by atoms with E-state index in [1.54, 1.807) is 0 Å². The largest absolute Gasteiger partial charge is 0.397 e. The van der Waals surface area contributed by atoms with E-state index < -0.39 is 0 Å². The molecule has 4 nitrogen and oxygen atoms in total. The molecule has 0 saturated carbocycles. The molecule has 94 valence electrons. The highest BCUT2D eigenvalue weighted by Crippen LogP contribution is 2.29. The quantitative estimate of drug-likeness (QED) is 0.810. The summed E-state index contributed by atoms with van der Waals surface area (Å²) in [6.45, 7) is 3.19. The van der Waals surface area contributed by atoms with Gasteiger partial charge in [0.1, 0.15) is 0 Å². The van der Waals surface area contributed by atoms with Crippen molar-refractivity contribution in [1.82, 2.24) is 0 Å². The van der Waals surface area contributed by atoms with Crippen LogP contribution in [0.1, 0.15) is 35.9 Å². The maximum Gasteiger partial charge on any atom is 0.171 e. The van der Waals surface area contributed by atoms with E-state index in [-0.39, 0.29) is 11.9 Å². The minimum Gasteiger partial charge on any atom is -0.397 e. The van der Waals surface area contributed by atoms with Crippen LogP contribution >= 0.6 is 11.3 Å². The molecule has 0 aromatic carbocycles. The van der Waals surface area contributed by atoms with E-state index in [0.29, 0.717) is 10.6 Å². The second-order valence-corrected chi connectivity index (χ2v) is 5.37. The molecule has 1 saturated heterocycles. The number of nitrogens with two attached hydrogens (primary N) is 1. The topological polar surface area (TPSA) is 64.3 Å². The number of rotatable bonds is 4. The van der Waals surface area contributed by atoms with Crippen molar-refractivity contribution in [3.8, 4) is 0 Å². The molecule has 1 aliphatic heterocycles. The average Bonchev–Trinajstić information content (AvgIpc) is 2.69.